The molecule has 2 fully saturated rings. The van der Waals surface area contributed by atoms with Crippen molar-refractivity contribution in [2.45, 2.75) is 103 Å². The van der Waals surface area contributed by atoms with Crippen LogP contribution in [0, 0.1) is 29.6 Å². The summed E-state index contributed by atoms with van der Waals surface area (Å²) >= 11 is 0. The van der Waals surface area contributed by atoms with Gasteiger partial charge in [-0.25, -0.2) is 13.2 Å². The molecule has 0 nitrogen and oxygen atoms in total. The molecule has 0 aliphatic heterocycles. The van der Waals surface area contributed by atoms with Gasteiger partial charge in [0.05, 0.1) is 1.37 Å². The molecule has 0 heterocycles. The molecule has 150 valence electrons. The number of alkyl halides is 2. The van der Waals surface area contributed by atoms with Crippen molar-refractivity contribution in [3.05, 3.63) is 11.9 Å². The lowest BCUT2D eigenvalue weighted by molar-refractivity contribution is 0.125. The van der Waals surface area contributed by atoms with E-state index >= 15 is 0 Å². The lowest BCUT2D eigenvalue weighted by Gasteiger charge is -2.38. The summed E-state index contributed by atoms with van der Waals surface area (Å²) in [4.78, 5) is 0. The van der Waals surface area contributed by atoms with Crippen molar-refractivity contribution >= 4 is 0 Å². The zero-order chi connectivity index (χ0) is 22.2. The Balaban J connectivity index is 1.51. The standard InChI is InChI=1S/C23H37F3/c1-2-3-16-6-10-19(11-7-16)20-12-8-17(9-13-20)4-5-18-14-21(24)23(26)22(25)15-18/h14,16-20,22-23H,2-13,15H2,1H3/i15D2,18D,22D. The highest BCUT2D eigenvalue weighted by molar-refractivity contribution is 5.09. The van der Waals surface area contributed by atoms with Gasteiger partial charge in [-0.2, -0.15) is 0 Å². The van der Waals surface area contributed by atoms with Crippen molar-refractivity contribution < 1.29 is 18.7 Å². The highest BCUT2D eigenvalue weighted by Crippen LogP contribution is 2.43. The fourth-order valence-electron chi connectivity index (χ4n) is 5.41. The van der Waals surface area contributed by atoms with Crippen molar-refractivity contribution in [1.29, 1.82) is 0 Å². The maximum absolute atomic E-state index is 14.4. The fourth-order valence-corrected chi connectivity index (χ4v) is 5.41. The van der Waals surface area contributed by atoms with Crippen molar-refractivity contribution in [1.82, 2.24) is 0 Å². The Labute approximate surface area is 163 Å². The van der Waals surface area contributed by atoms with Gasteiger partial charge in [0.1, 0.15) is 12.0 Å². The summed E-state index contributed by atoms with van der Waals surface area (Å²) < 4.78 is 73.6. The van der Waals surface area contributed by atoms with E-state index in [0.29, 0.717) is 18.4 Å². The highest BCUT2D eigenvalue weighted by Gasteiger charge is 2.34. The van der Waals surface area contributed by atoms with Crippen LogP contribution >= 0.6 is 0 Å². The van der Waals surface area contributed by atoms with Gasteiger partial charge in [0.15, 0.2) is 6.17 Å². The lowest BCUT2D eigenvalue weighted by atomic mass is 9.68. The minimum atomic E-state index is -3.79. The van der Waals surface area contributed by atoms with Crippen molar-refractivity contribution in [3.8, 4) is 0 Å². The molecular weight excluding hydrogens is 333 g/mol. The number of hydrogen-bond donors (Lipinski definition) is 0. The van der Waals surface area contributed by atoms with Gasteiger partial charge in [-0.3, -0.25) is 0 Å². The summed E-state index contributed by atoms with van der Waals surface area (Å²) in [6.45, 7) is 2.25. The smallest absolute Gasteiger partial charge is 0.182 e. The quantitative estimate of drug-likeness (QED) is 0.446. The molecule has 0 saturated heterocycles. The fraction of sp³-hybridized carbons (Fsp3) is 0.913. The maximum atomic E-state index is 14.4. The second-order valence-electron chi connectivity index (χ2n) is 8.78. The number of hydrogen-bond acceptors (Lipinski definition) is 0. The van der Waals surface area contributed by atoms with Gasteiger partial charge in [0.2, 0.25) is 0 Å². The Morgan fingerprint density at radius 2 is 1.46 bits per heavy atom. The summed E-state index contributed by atoms with van der Waals surface area (Å²) in [5.74, 6) is -1.03. The zero-order valence-corrected chi connectivity index (χ0v) is 16.1. The summed E-state index contributed by atoms with van der Waals surface area (Å²) in [6, 6.07) is 0. The minimum Gasteiger partial charge on any atom is -0.244 e. The first kappa shape index (κ1) is 15.5. The molecule has 0 amide bonds. The normalized spacial score (nSPS) is 51.5. The van der Waals surface area contributed by atoms with E-state index in [0.717, 1.165) is 43.4 Å². The highest BCUT2D eigenvalue weighted by atomic mass is 19.2. The van der Waals surface area contributed by atoms with E-state index in [9.17, 15) is 13.2 Å². The molecule has 3 unspecified atom stereocenters. The topological polar surface area (TPSA) is 0 Å². The second-order valence-corrected chi connectivity index (χ2v) is 8.78. The van der Waals surface area contributed by atoms with E-state index in [1.54, 1.807) is 0 Å². The molecule has 3 aliphatic carbocycles. The third kappa shape index (κ3) is 5.29. The summed E-state index contributed by atoms with van der Waals surface area (Å²) in [5.41, 5.74) is 0. The second kappa shape index (κ2) is 9.64. The molecule has 3 heteroatoms. The average molecular weight is 375 g/mol. The van der Waals surface area contributed by atoms with Gasteiger partial charge >= 0.3 is 0 Å². The number of allylic oxidation sites excluding steroid dienone is 2. The van der Waals surface area contributed by atoms with Crippen molar-refractivity contribution in [2.75, 3.05) is 0 Å². The minimum absolute atomic E-state index is 0.0951. The van der Waals surface area contributed by atoms with Gasteiger partial charge in [0.25, 0.3) is 0 Å². The molecule has 0 aromatic carbocycles. The Hall–Kier alpha value is -0.470. The van der Waals surface area contributed by atoms with Gasteiger partial charge < -0.3 is 0 Å². The number of rotatable bonds is 6. The first-order valence-electron chi connectivity index (χ1n) is 12.7. The lowest BCUT2D eigenvalue weighted by Crippen LogP contribution is -2.27. The summed E-state index contributed by atoms with van der Waals surface area (Å²) in [7, 11) is 0. The molecule has 0 radical (unpaired) electrons. The number of halogens is 3. The van der Waals surface area contributed by atoms with Crippen molar-refractivity contribution in [3.63, 3.8) is 0 Å². The average Bonchev–Trinajstić information content (AvgIpc) is 2.72. The van der Waals surface area contributed by atoms with Crippen LogP contribution in [0.3, 0.4) is 0 Å². The first-order chi connectivity index (χ1) is 14.0. The maximum Gasteiger partial charge on any atom is 0.182 e. The molecule has 0 bridgehead atoms. The van der Waals surface area contributed by atoms with Crippen LogP contribution in [0.15, 0.2) is 11.9 Å². The predicted molar refractivity (Wildman–Crippen MR) is 102 cm³/mol. The van der Waals surface area contributed by atoms with E-state index in [2.05, 4.69) is 6.92 Å². The molecule has 26 heavy (non-hydrogen) atoms. The predicted octanol–water partition coefficient (Wildman–Crippen LogP) is 7.73. The van der Waals surface area contributed by atoms with E-state index in [-0.39, 0.29) is 6.42 Å². The van der Waals surface area contributed by atoms with E-state index < -0.39 is 30.4 Å². The summed E-state index contributed by atoms with van der Waals surface area (Å²) in [5, 5.41) is 0. The molecule has 2 saturated carbocycles. The third-order valence-electron chi connectivity index (χ3n) is 7.03. The van der Waals surface area contributed by atoms with Crippen LogP contribution in [-0.2, 0) is 0 Å². The van der Waals surface area contributed by atoms with Gasteiger partial charge in [-0.1, -0.05) is 45.4 Å². The van der Waals surface area contributed by atoms with Crippen LogP contribution in [-0.4, -0.2) is 12.3 Å². The molecule has 0 aromatic heterocycles. The molecule has 3 aliphatic rings. The zero-order valence-electron chi connectivity index (χ0n) is 20.1. The Morgan fingerprint density at radius 3 is 2.00 bits per heavy atom. The van der Waals surface area contributed by atoms with E-state index in [1.165, 1.54) is 38.5 Å². The van der Waals surface area contributed by atoms with Crippen LogP contribution in [0.2, 0.25) is 0 Å². The monoisotopic (exact) mass is 374 g/mol. The van der Waals surface area contributed by atoms with Gasteiger partial charge in [0, 0.05) is 4.11 Å². The van der Waals surface area contributed by atoms with Crippen LogP contribution in [0.5, 0.6) is 0 Å². The van der Waals surface area contributed by atoms with Crippen LogP contribution in [0.1, 0.15) is 95.8 Å². The van der Waals surface area contributed by atoms with Crippen LogP contribution < -0.4 is 0 Å². The van der Waals surface area contributed by atoms with Crippen LogP contribution in [0.4, 0.5) is 13.2 Å². The van der Waals surface area contributed by atoms with E-state index in [1.807, 2.05) is 0 Å². The Morgan fingerprint density at radius 1 is 0.923 bits per heavy atom. The SMILES string of the molecule is [2H]C1(CCC2CCC(C3CCC(CCC)CC3)CC2)C=C(F)C(F)C([2H])(F)C1([2H])[2H]. The molecule has 0 spiro atoms. The molecular formula is C23H37F3. The molecule has 0 aromatic rings. The molecule has 3 atom stereocenters. The largest absolute Gasteiger partial charge is 0.244 e. The van der Waals surface area contributed by atoms with Crippen LogP contribution in [0.25, 0.3) is 0 Å². The third-order valence-corrected chi connectivity index (χ3v) is 7.03. The van der Waals surface area contributed by atoms with Crippen molar-refractivity contribution in [2.24, 2.45) is 29.6 Å². The van der Waals surface area contributed by atoms with E-state index in [4.69, 9.17) is 5.48 Å². The molecule has 0 N–H and O–H groups in total. The Kier molecular flexibility index (Phi) is 5.73. The first-order valence-corrected chi connectivity index (χ1v) is 10.7. The molecule has 3 rings (SSSR count). The van der Waals surface area contributed by atoms with Gasteiger partial charge in [-0.05, 0) is 80.5 Å². The Bertz CT molecular complexity index is 608. The van der Waals surface area contributed by atoms with Gasteiger partial charge in [-0.15, -0.1) is 0 Å². The summed E-state index contributed by atoms with van der Waals surface area (Å²) in [6.07, 6.45) is 3.31.